The topological polar surface area (TPSA) is 170 Å². The molecule has 52 heavy (non-hydrogen) atoms. The Morgan fingerprint density at radius 3 is 2.63 bits per heavy atom. The van der Waals surface area contributed by atoms with E-state index in [4.69, 9.17) is 23.4 Å². The van der Waals surface area contributed by atoms with Crippen LogP contribution in [0, 0.1) is 17.8 Å². The molecule has 14 heteroatoms. The highest BCUT2D eigenvalue weighted by molar-refractivity contribution is 7.89. The number of nitrogens with one attached hydrogen (secondary N) is 1. The van der Waals surface area contributed by atoms with Crippen molar-refractivity contribution in [2.24, 2.45) is 17.8 Å². The van der Waals surface area contributed by atoms with E-state index in [2.05, 4.69) is 10.3 Å². The Hall–Kier alpha value is -3.37. The maximum atomic E-state index is 14.6. The van der Waals surface area contributed by atoms with E-state index in [1.807, 2.05) is 30.3 Å². The van der Waals surface area contributed by atoms with Gasteiger partial charge in [0.15, 0.2) is 12.1 Å². The Morgan fingerprint density at radius 2 is 1.83 bits per heavy atom. The number of oxazole rings is 1. The number of β-amino-alcohol motifs (C(OH)–C–C–N with tert-alkyl or cyclic N) is 1. The molecule has 3 N–H and O–H groups in total. The van der Waals surface area contributed by atoms with Crippen molar-refractivity contribution < 1.29 is 46.8 Å². The minimum atomic E-state index is -4.16. The van der Waals surface area contributed by atoms with Gasteiger partial charge in [0.25, 0.3) is 0 Å². The van der Waals surface area contributed by atoms with E-state index >= 15 is 0 Å². The number of aromatic nitrogens is 1. The van der Waals surface area contributed by atoms with Crippen molar-refractivity contribution in [3.8, 4) is 11.3 Å². The second-order valence-electron chi connectivity index (χ2n) is 14.5. The first-order valence-corrected chi connectivity index (χ1v) is 19.9. The van der Waals surface area contributed by atoms with Gasteiger partial charge in [0.1, 0.15) is 12.2 Å². The Kier molecular flexibility index (Phi) is 11.6. The third-order valence-electron chi connectivity index (χ3n) is 10.8. The maximum absolute atomic E-state index is 14.6. The number of amides is 1. The van der Waals surface area contributed by atoms with Crippen LogP contribution in [0.5, 0.6) is 0 Å². The highest BCUT2D eigenvalue weighted by atomic mass is 32.2. The Balaban J connectivity index is 1.13. The number of sulfonamides is 1. The first-order chi connectivity index (χ1) is 25.2. The smallest absolute Gasteiger partial charge is 0.407 e. The normalized spacial score (nSPS) is 28.0. The van der Waals surface area contributed by atoms with Crippen LogP contribution in [-0.4, -0.2) is 91.5 Å². The zero-order chi connectivity index (χ0) is 36.2. The summed E-state index contributed by atoms with van der Waals surface area (Å²) in [6.07, 6.45) is 3.39. The number of ether oxygens (including phenoxy) is 4. The molecular weight excluding hydrogens is 690 g/mol. The van der Waals surface area contributed by atoms with Gasteiger partial charge in [-0.1, -0.05) is 49.6 Å². The summed E-state index contributed by atoms with van der Waals surface area (Å²) in [5, 5.41) is 24.7. The summed E-state index contributed by atoms with van der Waals surface area (Å²) in [5.41, 5.74) is 1.91. The molecule has 3 aliphatic heterocycles. The van der Waals surface area contributed by atoms with Gasteiger partial charge in [0.05, 0.1) is 43.1 Å². The van der Waals surface area contributed by atoms with Crippen LogP contribution in [0.25, 0.3) is 11.3 Å². The maximum Gasteiger partial charge on any atom is 0.407 e. The van der Waals surface area contributed by atoms with E-state index in [1.165, 1.54) is 16.6 Å². The molecule has 1 amide bonds. The first-order valence-electron chi connectivity index (χ1n) is 18.4. The third-order valence-corrected chi connectivity index (χ3v) is 12.8. The molecule has 1 saturated carbocycles. The number of carbonyl (C=O) groups excluding carboxylic acids is 1. The number of nitrogens with zero attached hydrogens (tertiary/aromatic N) is 2. The van der Waals surface area contributed by atoms with Crippen molar-refractivity contribution >= 4 is 16.1 Å². The summed E-state index contributed by atoms with van der Waals surface area (Å²) in [6, 6.07) is 13.5. The number of rotatable bonds is 9. The molecular formula is C38H49N3O10S. The zero-order valence-corrected chi connectivity index (χ0v) is 30.3. The number of benzene rings is 2. The van der Waals surface area contributed by atoms with Gasteiger partial charge in [-0.05, 0) is 61.9 Å². The lowest BCUT2D eigenvalue weighted by molar-refractivity contribution is -0.169. The van der Waals surface area contributed by atoms with Crippen LogP contribution < -0.4 is 5.32 Å². The molecule has 2 unspecified atom stereocenters. The van der Waals surface area contributed by atoms with E-state index in [-0.39, 0.29) is 67.1 Å². The van der Waals surface area contributed by atoms with Gasteiger partial charge in [-0.25, -0.2) is 18.2 Å². The Labute approximate surface area is 304 Å². The molecule has 0 spiro atoms. The molecule has 2 saturated heterocycles. The SMILES string of the molecule is C[C@@H](O)c1ncc(-c2ccc3c(c2)COCCCCCCCN(C[C@@H](O)[C@H](Cc2ccccc2)NC(=O)O[C@H]2C4CO[C@H]5OC[C@@H]2C5C4)S3(=O)=O)o1. The van der Waals surface area contributed by atoms with Crippen molar-refractivity contribution in [1.29, 1.82) is 0 Å². The molecule has 13 nitrogen and oxygen atoms in total. The highest BCUT2D eigenvalue weighted by Gasteiger charge is 2.56. The summed E-state index contributed by atoms with van der Waals surface area (Å²) in [5.74, 6) is 0.899. The average molecular weight is 740 g/mol. The minimum absolute atomic E-state index is 0.0566. The fourth-order valence-electron chi connectivity index (χ4n) is 8.01. The number of fused-ring (bicyclic) bond motifs is 2. The summed E-state index contributed by atoms with van der Waals surface area (Å²) in [7, 11) is -4.16. The lowest BCUT2D eigenvalue weighted by atomic mass is 9.98. The molecule has 3 aromatic rings. The van der Waals surface area contributed by atoms with E-state index < -0.39 is 34.4 Å². The van der Waals surface area contributed by atoms with Crippen molar-refractivity contribution in [1.82, 2.24) is 14.6 Å². The number of alkyl carbamates (subject to hydrolysis) is 1. The van der Waals surface area contributed by atoms with Crippen molar-refractivity contribution in [3.05, 3.63) is 71.7 Å². The van der Waals surface area contributed by atoms with Gasteiger partial charge in [-0.3, -0.25) is 0 Å². The quantitative estimate of drug-likeness (QED) is 0.281. The molecule has 3 fully saturated rings. The average Bonchev–Trinajstić information content (AvgIpc) is 3.86. The number of aliphatic hydroxyl groups is 2. The summed E-state index contributed by atoms with van der Waals surface area (Å²) < 4.78 is 59.8. The van der Waals surface area contributed by atoms with Gasteiger partial charge < -0.3 is 38.9 Å². The summed E-state index contributed by atoms with van der Waals surface area (Å²) in [6.45, 7) is 2.99. The van der Waals surface area contributed by atoms with Crippen molar-refractivity contribution in [2.45, 2.75) is 94.0 Å². The van der Waals surface area contributed by atoms with Gasteiger partial charge in [0.2, 0.25) is 15.9 Å². The summed E-state index contributed by atoms with van der Waals surface area (Å²) >= 11 is 0. The second-order valence-corrected chi connectivity index (χ2v) is 16.4. The molecule has 1 aromatic heterocycles. The van der Waals surface area contributed by atoms with E-state index in [0.29, 0.717) is 43.1 Å². The predicted octanol–water partition coefficient (Wildman–Crippen LogP) is 4.57. The van der Waals surface area contributed by atoms with Crippen LogP contribution in [0.1, 0.15) is 68.6 Å². The predicted molar refractivity (Wildman–Crippen MR) is 188 cm³/mol. The Bertz CT molecular complexity index is 1770. The van der Waals surface area contributed by atoms with Crippen LogP contribution >= 0.6 is 0 Å². The second kappa shape index (κ2) is 16.3. The largest absolute Gasteiger partial charge is 0.445 e. The van der Waals surface area contributed by atoms with Gasteiger partial charge in [0, 0.05) is 43.0 Å². The molecule has 0 radical (unpaired) electrons. The van der Waals surface area contributed by atoms with Crippen LogP contribution in [0.2, 0.25) is 0 Å². The fraction of sp³-hybridized carbons (Fsp3) is 0.579. The molecule has 1 aliphatic carbocycles. The molecule has 282 valence electrons. The standard InChI is InChI=1S/C38H49N3O10S/c1-24(42)36-39-19-33(50-36)26-12-13-34-27(17-26)21-47-15-9-4-2-3-8-14-41(52(34,45)46)20-32(43)31(16-25-10-6-5-7-11-25)40-38(44)51-35-28-18-29-30(35)23-49-37(29)48-22-28/h5-7,10-13,17,19,24,28-32,35,37,42-43H,2-4,8-9,14-16,18,20-23H2,1H3,(H,40,44)/t24-,28?,29?,30-,31+,32-,35+,37+/m1/s1. The number of aliphatic hydroxyl groups excluding tert-OH is 2. The lowest BCUT2D eigenvalue weighted by Crippen LogP contribution is -2.51. The van der Waals surface area contributed by atoms with Crippen molar-refractivity contribution in [2.75, 3.05) is 32.9 Å². The first kappa shape index (κ1) is 37.0. The highest BCUT2D eigenvalue weighted by Crippen LogP contribution is 2.49. The van der Waals surface area contributed by atoms with Gasteiger partial charge in [-0.15, -0.1) is 0 Å². The monoisotopic (exact) mass is 739 g/mol. The molecule has 2 aromatic carbocycles. The summed E-state index contributed by atoms with van der Waals surface area (Å²) in [4.78, 5) is 17.7. The van der Waals surface area contributed by atoms with Crippen LogP contribution in [0.15, 0.2) is 64.0 Å². The number of hydrogen-bond donors (Lipinski definition) is 3. The zero-order valence-electron chi connectivity index (χ0n) is 29.5. The van der Waals surface area contributed by atoms with Crippen LogP contribution in [-0.2, 0) is 42.0 Å². The van der Waals surface area contributed by atoms with E-state index in [9.17, 15) is 23.4 Å². The number of carbonyl (C=O) groups is 1. The third kappa shape index (κ3) is 8.23. The van der Waals surface area contributed by atoms with E-state index in [0.717, 1.165) is 37.7 Å². The van der Waals surface area contributed by atoms with Crippen molar-refractivity contribution in [3.63, 3.8) is 0 Å². The molecule has 4 heterocycles. The minimum Gasteiger partial charge on any atom is -0.445 e. The van der Waals surface area contributed by atoms with Gasteiger partial charge >= 0.3 is 6.09 Å². The van der Waals surface area contributed by atoms with Crippen LogP contribution in [0.4, 0.5) is 4.79 Å². The molecule has 4 aliphatic rings. The molecule has 2 bridgehead atoms. The number of hydrogen-bond acceptors (Lipinski definition) is 11. The lowest BCUT2D eigenvalue weighted by Gasteiger charge is -2.31. The van der Waals surface area contributed by atoms with Gasteiger partial charge in [-0.2, -0.15) is 4.31 Å². The fourth-order valence-corrected chi connectivity index (χ4v) is 9.70. The Morgan fingerprint density at radius 1 is 1.04 bits per heavy atom. The van der Waals surface area contributed by atoms with E-state index in [1.54, 1.807) is 19.1 Å². The molecule has 7 rings (SSSR count). The van der Waals surface area contributed by atoms with Crippen LogP contribution in [0.3, 0.4) is 0 Å². The molecule has 8 atom stereocenters.